The van der Waals surface area contributed by atoms with Gasteiger partial charge >= 0.3 is 0 Å². The van der Waals surface area contributed by atoms with E-state index in [1.165, 1.54) is 4.90 Å². The molecule has 1 saturated heterocycles. The Bertz CT molecular complexity index is 1080. The van der Waals surface area contributed by atoms with E-state index in [9.17, 15) is 14.7 Å². The van der Waals surface area contributed by atoms with Crippen LogP contribution in [0.3, 0.4) is 0 Å². The van der Waals surface area contributed by atoms with Crippen molar-refractivity contribution in [2.24, 2.45) is 0 Å². The first-order valence-electron chi connectivity index (χ1n) is 10.4. The lowest BCUT2D eigenvalue weighted by Gasteiger charge is -2.27. The zero-order chi connectivity index (χ0) is 22.8. The number of fused-ring (bicyclic) bond motifs is 1. The number of likely N-dealkylation sites (N-methyl/N-ethyl adjacent to an activating group) is 1. The Morgan fingerprint density at radius 1 is 1.12 bits per heavy atom. The highest BCUT2D eigenvalue weighted by atomic mass is 16.6. The number of aliphatic hydroxyl groups excluding tert-OH is 1. The third-order valence-electron chi connectivity index (χ3n) is 5.55. The molecule has 8 nitrogen and oxygen atoms in total. The number of likely N-dealkylation sites (tertiary alicyclic amines) is 1. The summed E-state index contributed by atoms with van der Waals surface area (Å²) in [6, 6.07) is 11.4. The number of nitrogens with zero attached hydrogens (tertiary/aromatic N) is 2. The zero-order valence-electron chi connectivity index (χ0n) is 18.3. The lowest BCUT2D eigenvalue weighted by molar-refractivity contribution is -0.140. The van der Waals surface area contributed by atoms with Gasteiger partial charge in [0.2, 0.25) is 0 Å². The summed E-state index contributed by atoms with van der Waals surface area (Å²) in [5.41, 5.74) is 1.10. The third-order valence-corrected chi connectivity index (χ3v) is 5.55. The number of carbonyl (C=O) groups excluding carboxylic acids is 2. The third kappa shape index (κ3) is 4.01. The Labute approximate surface area is 186 Å². The first kappa shape index (κ1) is 21.7. The smallest absolute Gasteiger partial charge is 0.295 e. The lowest BCUT2D eigenvalue weighted by atomic mass is 9.95. The molecule has 0 bridgehead atoms. The van der Waals surface area contributed by atoms with Gasteiger partial charge in [0.1, 0.15) is 24.7 Å². The van der Waals surface area contributed by atoms with E-state index in [1.54, 1.807) is 43.5 Å². The fourth-order valence-corrected chi connectivity index (χ4v) is 3.92. The molecular formula is C24H26N2O6. The predicted octanol–water partition coefficient (Wildman–Crippen LogP) is 2.45. The number of rotatable bonds is 6. The highest BCUT2D eigenvalue weighted by Gasteiger charge is 2.46. The van der Waals surface area contributed by atoms with Crippen LogP contribution in [0.5, 0.6) is 17.2 Å². The average molecular weight is 438 g/mol. The molecule has 2 aliphatic heterocycles. The van der Waals surface area contributed by atoms with Gasteiger partial charge in [0, 0.05) is 18.7 Å². The van der Waals surface area contributed by atoms with Crippen LogP contribution in [0.2, 0.25) is 0 Å². The molecule has 0 aliphatic carbocycles. The summed E-state index contributed by atoms with van der Waals surface area (Å²) >= 11 is 0. The number of carbonyl (C=O) groups is 2. The quantitative estimate of drug-likeness (QED) is 0.421. The minimum absolute atomic E-state index is 0.0405. The van der Waals surface area contributed by atoms with E-state index in [0.29, 0.717) is 54.7 Å². The Hall–Kier alpha value is -3.52. The summed E-state index contributed by atoms with van der Waals surface area (Å²) in [6.07, 6.45) is 0. The predicted molar refractivity (Wildman–Crippen MR) is 118 cm³/mol. The lowest BCUT2D eigenvalue weighted by Crippen LogP contribution is -2.35. The number of ketones is 1. The number of benzene rings is 2. The van der Waals surface area contributed by atoms with Gasteiger partial charge in [0.15, 0.2) is 11.5 Å². The van der Waals surface area contributed by atoms with Gasteiger partial charge in [-0.2, -0.15) is 0 Å². The first-order valence-corrected chi connectivity index (χ1v) is 10.4. The molecule has 0 saturated carbocycles. The van der Waals surface area contributed by atoms with Crippen LogP contribution in [0.15, 0.2) is 48.0 Å². The standard InChI is InChI=1S/C24H26N2O6/c1-25(2)9-10-26-21(15-5-4-6-17(13-15)30-3)20(23(28)24(26)29)22(27)16-7-8-18-19(14-16)32-12-11-31-18/h4-8,13-14,21,27H,9-12H2,1-3H3/t21-/m0/s1. The number of aliphatic hydroxyl groups is 1. The summed E-state index contributed by atoms with van der Waals surface area (Å²) in [7, 11) is 5.34. The average Bonchev–Trinajstić information content (AvgIpc) is 3.06. The molecule has 1 atom stereocenters. The van der Waals surface area contributed by atoms with Gasteiger partial charge in [0.25, 0.3) is 11.7 Å². The molecule has 2 aliphatic rings. The maximum absolute atomic E-state index is 13.1. The van der Waals surface area contributed by atoms with Crippen LogP contribution in [0.1, 0.15) is 17.2 Å². The number of hydrogen-bond acceptors (Lipinski definition) is 7. The van der Waals surface area contributed by atoms with E-state index in [0.717, 1.165) is 0 Å². The zero-order valence-corrected chi connectivity index (χ0v) is 18.3. The maximum Gasteiger partial charge on any atom is 0.295 e. The largest absolute Gasteiger partial charge is 0.507 e. The van der Waals surface area contributed by atoms with Gasteiger partial charge in [-0.15, -0.1) is 0 Å². The summed E-state index contributed by atoms with van der Waals surface area (Å²) in [4.78, 5) is 29.5. The number of amides is 1. The first-order chi connectivity index (χ1) is 15.4. The molecule has 168 valence electrons. The second kappa shape index (κ2) is 8.92. The summed E-state index contributed by atoms with van der Waals surface area (Å²) < 4.78 is 16.5. The summed E-state index contributed by atoms with van der Waals surface area (Å²) in [6.45, 7) is 1.75. The van der Waals surface area contributed by atoms with Crippen molar-refractivity contribution in [3.05, 3.63) is 59.2 Å². The van der Waals surface area contributed by atoms with Crippen LogP contribution < -0.4 is 14.2 Å². The molecule has 2 heterocycles. The number of hydrogen-bond donors (Lipinski definition) is 1. The SMILES string of the molecule is COc1cccc([C@H]2C(=C(O)c3ccc4c(c3)OCCO4)C(=O)C(=O)N2CCN(C)C)c1. The van der Waals surface area contributed by atoms with Crippen molar-refractivity contribution < 1.29 is 28.9 Å². The van der Waals surface area contributed by atoms with Crippen molar-refractivity contribution >= 4 is 17.4 Å². The van der Waals surface area contributed by atoms with E-state index in [-0.39, 0.29) is 11.3 Å². The molecule has 2 aromatic carbocycles. The fourth-order valence-electron chi connectivity index (χ4n) is 3.92. The van der Waals surface area contributed by atoms with Gasteiger partial charge in [0.05, 0.1) is 18.7 Å². The van der Waals surface area contributed by atoms with Crippen LogP contribution in [0.4, 0.5) is 0 Å². The Morgan fingerprint density at radius 2 is 1.88 bits per heavy atom. The minimum Gasteiger partial charge on any atom is -0.507 e. The normalized spacial score (nSPS) is 19.5. The molecule has 0 unspecified atom stereocenters. The molecule has 32 heavy (non-hydrogen) atoms. The minimum atomic E-state index is -0.738. The van der Waals surface area contributed by atoms with E-state index in [4.69, 9.17) is 14.2 Å². The number of ether oxygens (including phenoxy) is 3. The van der Waals surface area contributed by atoms with Crippen LogP contribution in [-0.4, -0.2) is 74.1 Å². The molecule has 4 rings (SSSR count). The van der Waals surface area contributed by atoms with Crippen LogP contribution in [0, 0.1) is 0 Å². The highest BCUT2D eigenvalue weighted by molar-refractivity contribution is 6.46. The van der Waals surface area contributed by atoms with Crippen molar-refractivity contribution in [1.29, 1.82) is 0 Å². The van der Waals surface area contributed by atoms with Gasteiger partial charge in [-0.05, 0) is 50.0 Å². The fraction of sp³-hybridized carbons (Fsp3) is 0.333. The van der Waals surface area contributed by atoms with Crippen LogP contribution >= 0.6 is 0 Å². The van der Waals surface area contributed by atoms with Gasteiger partial charge in [-0.3, -0.25) is 9.59 Å². The van der Waals surface area contributed by atoms with Crippen LogP contribution in [0.25, 0.3) is 5.76 Å². The van der Waals surface area contributed by atoms with Crippen LogP contribution in [-0.2, 0) is 9.59 Å². The highest BCUT2D eigenvalue weighted by Crippen LogP contribution is 2.41. The van der Waals surface area contributed by atoms with Gasteiger partial charge in [-0.25, -0.2) is 0 Å². The second-order valence-corrected chi connectivity index (χ2v) is 7.93. The summed E-state index contributed by atoms with van der Waals surface area (Å²) in [5.74, 6) is 0.0481. The number of methoxy groups -OCH3 is 1. The van der Waals surface area contributed by atoms with Gasteiger partial charge in [-0.1, -0.05) is 12.1 Å². The molecular weight excluding hydrogens is 412 g/mol. The molecule has 0 radical (unpaired) electrons. The monoisotopic (exact) mass is 438 g/mol. The Kier molecular flexibility index (Phi) is 6.05. The molecule has 0 aromatic heterocycles. The van der Waals surface area contributed by atoms with Crippen molar-refractivity contribution in [2.45, 2.75) is 6.04 Å². The van der Waals surface area contributed by atoms with Crippen molar-refractivity contribution in [3.8, 4) is 17.2 Å². The van der Waals surface area contributed by atoms with Crippen molar-refractivity contribution in [3.63, 3.8) is 0 Å². The maximum atomic E-state index is 13.1. The molecule has 1 fully saturated rings. The molecule has 0 spiro atoms. The van der Waals surface area contributed by atoms with E-state index in [2.05, 4.69) is 0 Å². The molecule has 1 N–H and O–H groups in total. The second-order valence-electron chi connectivity index (χ2n) is 7.93. The van der Waals surface area contributed by atoms with Crippen molar-refractivity contribution in [1.82, 2.24) is 9.80 Å². The Morgan fingerprint density at radius 3 is 2.59 bits per heavy atom. The summed E-state index contributed by atoms with van der Waals surface area (Å²) in [5, 5.41) is 11.2. The molecule has 8 heteroatoms. The number of Topliss-reactive ketones (excluding diaryl/α,β-unsaturated/α-hetero) is 1. The Balaban J connectivity index is 1.83. The van der Waals surface area contributed by atoms with E-state index >= 15 is 0 Å². The molecule has 2 aromatic rings. The van der Waals surface area contributed by atoms with Crippen molar-refractivity contribution in [2.75, 3.05) is 47.5 Å². The van der Waals surface area contributed by atoms with E-state index in [1.807, 2.05) is 25.1 Å². The topological polar surface area (TPSA) is 88.5 Å². The molecule has 1 amide bonds. The van der Waals surface area contributed by atoms with Gasteiger partial charge < -0.3 is 29.1 Å². The van der Waals surface area contributed by atoms with E-state index < -0.39 is 17.7 Å².